The Morgan fingerprint density at radius 2 is 2.12 bits per heavy atom. The monoisotopic (exact) mass is 250 g/mol. The average Bonchev–Trinajstić information content (AvgIpc) is 2.73. The molecule has 0 atom stereocenters. The molecule has 0 amide bonds. The van der Waals surface area contributed by atoms with Gasteiger partial charge in [0.25, 0.3) is 0 Å². The Labute approximate surface area is 104 Å². The van der Waals surface area contributed by atoms with Gasteiger partial charge < -0.3 is 5.32 Å². The van der Waals surface area contributed by atoms with Crippen molar-refractivity contribution in [3.63, 3.8) is 0 Å². The van der Waals surface area contributed by atoms with Crippen molar-refractivity contribution < 1.29 is 4.39 Å². The van der Waals surface area contributed by atoms with Crippen LogP contribution >= 0.6 is 11.3 Å². The van der Waals surface area contributed by atoms with Gasteiger partial charge in [-0.15, -0.1) is 11.3 Å². The Morgan fingerprint density at radius 3 is 2.94 bits per heavy atom. The summed E-state index contributed by atoms with van der Waals surface area (Å²) in [5, 5.41) is 6.71. The van der Waals surface area contributed by atoms with Crippen molar-refractivity contribution in [1.29, 1.82) is 0 Å². The molecule has 0 radical (unpaired) electrons. The maximum Gasteiger partial charge on any atom is 0.124 e. The van der Waals surface area contributed by atoms with Gasteiger partial charge in [-0.3, -0.25) is 4.90 Å². The molecule has 4 heteroatoms. The molecule has 2 heterocycles. The minimum atomic E-state index is -0.145. The first-order chi connectivity index (χ1) is 8.33. The summed E-state index contributed by atoms with van der Waals surface area (Å²) in [7, 11) is 0. The Morgan fingerprint density at radius 1 is 1.29 bits per heavy atom. The van der Waals surface area contributed by atoms with E-state index in [0.29, 0.717) is 0 Å². The molecule has 1 N–H and O–H groups in total. The van der Waals surface area contributed by atoms with E-state index in [9.17, 15) is 4.39 Å². The number of halogens is 1. The van der Waals surface area contributed by atoms with E-state index in [4.69, 9.17) is 0 Å². The Kier molecular flexibility index (Phi) is 3.09. The predicted molar refractivity (Wildman–Crippen MR) is 69.9 cm³/mol. The van der Waals surface area contributed by atoms with E-state index in [1.54, 1.807) is 23.5 Å². The van der Waals surface area contributed by atoms with Crippen LogP contribution in [0.5, 0.6) is 0 Å². The van der Waals surface area contributed by atoms with Gasteiger partial charge in [-0.05, 0) is 28.5 Å². The second-order valence-corrected chi connectivity index (χ2v) is 5.34. The van der Waals surface area contributed by atoms with E-state index in [2.05, 4.69) is 15.6 Å². The third-order valence-electron chi connectivity index (χ3n) is 3.22. The summed E-state index contributed by atoms with van der Waals surface area (Å²) in [5.74, 6) is -0.145. The molecular formula is C13H15FN2S. The molecule has 1 aliphatic heterocycles. The number of thiophene rings is 1. The number of hydrogen-bond donors (Lipinski definition) is 1. The Balaban J connectivity index is 1.84. The van der Waals surface area contributed by atoms with Gasteiger partial charge in [0.1, 0.15) is 5.82 Å². The van der Waals surface area contributed by atoms with E-state index in [1.807, 2.05) is 6.07 Å². The number of rotatable bonds is 2. The molecule has 2 nitrogen and oxygen atoms in total. The van der Waals surface area contributed by atoms with E-state index >= 15 is 0 Å². The molecule has 1 aromatic heterocycles. The van der Waals surface area contributed by atoms with Crippen LogP contribution < -0.4 is 5.32 Å². The molecule has 1 fully saturated rings. The molecule has 0 spiro atoms. The van der Waals surface area contributed by atoms with Crippen molar-refractivity contribution in [2.24, 2.45) is 0 Å². The van der Waals surface area contributed by atoms with Crippen LogP contribution in [0.25, 0.3) is 10.1 Å². The minimum absolute atomic E-state index is 0.145. The normalized spacial score (nSPS) is 17.7. The van der Waals surface area contributed by atoms with Crippen LogP contribution in [-0.2, 0) is 6.54 Å². The highest BCUT2D eigenvalue weighted by Crippen LogP contribution is 2.27. The van der Waals surface area contributed by atoms with Gasteiger partial charge in [0, 0.05) is 37.4 Å². The molecule has 1 aliphatic rings. The number of benzene rings is 1. The molecule has 2 aromatic rings. The first-order valence-corrected chi connectivity index (χ1v) is 6.79. The van der Waals surface area contributed by atoms with Gasteiger partial charge in [-0.2, -0.15) is 0 Å². The second kappa shape index (κ2) is 4.72. The third kappa shape index (κ3) is 2.34. The number of nitrogens with one attached hydrogen (secondary N) is 1. The van der Waals surface area contributed by atoms with Crippen molar-refractivity contribution in [3.8, 4) is 0 Å². The smallest absolute Gasteiger partial charge is 0.124 e. The fourth-order valence-electron chi connectivity index (χ4n) is 2.29. The standard InChI is InChI=1S/C13H15FN2S/c14-11-1-2-12-10(9-17-13(12)7-11)8-16-5-3-15-4-6-16/h1-2,7,9,15H,3-6,8H2. The zero-order valence-electron chi connectivity index (χ0n) is 9.58. The Hall–Kier alpha value is -0.970. The predicted octanol–water partition coefficient (Wildman–Crippen LogP) is 2.45. The number of nitrogens with zero attached hydrogens (tertiary/aromatic N) is 1. The van der Waals surface area contributed by atoms with Gasteiger partial charge in [-0.25, -0.2) is 4.39 Å². The van der Waals surface area contributed by atoms with Crippen molar-refractivity contribution in [2.75, 3.05) is 26.2 Å². The van der Waals surface area contributed by atoms with E-state index < -0.39 is 0 Å². The molecule has 0 unspecified atom stereocenters. The van der Waals surface area contributed by atoms with Crippen molar-refractivity contribution in [3.05, 3.63) is 35.0 Å². The molecule has 1 aromatic carbocycles. The highest BCUT2D eigenvalue weighted by molar-refractivity contribution is 7.17. The van der Waals surface area contributed by atoms with Gasteiger partial charge in [-0.1, -0.05) is 6.07 Å². The largest absolute Gasteiger partial charge is 0.314 e. The van der Waals surface area contributed by atoms with Gasteiger partial charge >= 0.3 is 0 Å². The fourth-order valence-corrected chi connectivity index (χ4v) is 3.27. The van der Waals surface area contributed by atoms with E-state index in [0.717, 1.165) is 37.4 Å². The Bertz CT molecular complexity index is 517. The minimum Gasteiger partial charge on any atom is -0.314 e. The maximum absolute atomic E-state index is 13.1. The van der Waals surface area contributed by atoms with Gasteiger partial charge in [0.05, 0.1) is 0 Å². The van der Waals surface area contributed by atoms with Crippen molar-refractivity contribution in [1.82, 2.24) is 10.2 Å². The van der Waals surface area contributed by atoms with Crippen LogP contribution in [0.1, 0.15) is 5.56 Å². The number of hydrogen-bond acceptors (Lipinski definition) is 3. The highest BCUT2D eigenvalue weighted by Gasteiger charge is 2.12. The lowest BCUT2D eigenvalue weighted by molar-refractivity contribution is 0.234. The summed E-state index contributed by atoms with van der Waals surface area (Å²) in [6, 6.07) is 5.08. The lowest BCUT2D eigenvalue weighted by Gasteiger charge is -2.26. The van der Waals surface area contributed by atoms with Crippen LogP contribution in [0.2, 0.25) is 0 Å². The summed E-state index contributed by atoms with van der Waals surface area (Å²) in [6.45, 7) is 5.30. The van der Waals surface area contributed by atoms with E-state index in [-0.39, 0.29) is 5.82 Å². The van der Waals surface area contributed by atoms with Crippen LogP contribution in [-0.4, -0.2) is 31.1 Å². The molecule has 0 aliphatic carbocycles. The van der Waals surface area contributed by atoms with Crippen molar-refractivity contribution >= 4 is 21.4 Å². The average molecular weight is 250 g/mol. The first-order valence-electron chi connectivity index (χ1n) is 5.91. The van der Waals surface area contributed by atoms with Crippen LogP contribution in [0, 0.1) is 5.82 Å². The summed E-state index contributed by atoms with van der Waals surface area (Å²) < 4.78 is 14.1. The topological polar surface area (TPSA) is 15.3 Å². The molecular weight excluding hydrogens is 235 g/mol. The highest BCUT2D eigenvalue weighted by atomic mass is 32.1. The number of fused-ring (bicyclic) bond motifs is 1. The molecule has 3 rings (SSSR count). The molecule has 17 heavy (non-hydrogen) atoms. The SMILES string of the molecule is Fc1ccc2c(CN3CCNCC3)csc2c1. The fraction of sp³-hybridized carbons (Fsp3) is 0.385. The third-order valence-corrected chi connectivity index (χ3v) is 4.22. The lowest BCUT2D eigenvalue weighted by Crippen LogP contribution is -2.42. The quantitative estimate of drug-likeness (QED) is 0.880. The molecule has 0 bridgehead atoms. The number of piperazine rings is 1. The second-order valence-electron chi connectivity index (χ2n) is 4.43. The van der Waals surface area contributed by atoms with Gasteiger partial charge in [0.2, 0.25) is 0 Å². The van der Waals surface area contributed by atoms with Crippen molar-refractivity contribution in [2.45, 2.75) is 6.54 Å². The lowest BCUT2D eigenvalue weighted by atomic mass is 10.1. The molecule has 0 saturated carbocycles. The summed E-state index contributed by atoms with van der Waals surface area (Å²) >= 11 is 1.63. The van der Waals surface area contributed by atoms with Crippen LogP contribution in [0.3, 0.4) is 0 Å². The maximum atomic E-state index is 13.1. The summed E-state index contributed by atoms with van der Waals surface area (Å²) in [5.41, 5.74) is 1.33. The van der Waals surface area contributed by atoms with Gasteiger partial charge in [0.15, 0.2) is 0 Å². The molecule has 90 valence electrons. The first kappa shape index (κ1) is 11.1. The zero-order chi connectivity index (χ0) is 11.7. The molecule has 1 saturated heterocycles. The van der Waals surface area contributed by atoms with Crippen LogP contribution in [0.4, 0.5) is 4.39 Å². The summed E-state index contributed by atoms with van der Waals surface area (Å²) in [4.78, 5) is 2.45. The van der Waals surface area contributed by atoms with E-state index in [1.165, 1.54) is 10.9 Å². The zero-order valence-corrected chi connectivity index (χ0v) is 10.4. The van der Waals surface area contributed by atoms with Crippen LogP contribution in [0.15, 0.2) is 23.6 Å². The summed E-state index contributed by atoms with van der Waals surface area (Å²) in [6.07, 6.45) is 0.